The average molecular weight is 469 g/mol. The van der Waals surface area contributed by atoms with E-state index in [-0.39, 0.29) is 11.4 Å². The lowest BCUT2D eigenvalue weighted by molar-refractivity contribution is -0.122. The fourth-order valence-electron chi connectivity index (χ4n) is 3.57. The van der Waals surface area contributed by atoms with Gasteiger partial charge in [-0.15, -0.1) is 0 Å². The minimum atomic E-state index is -3.97. The number of para-hydroxylation sites is 2. The van der Waals surface area contributed by atoms with Crippen LogP contribution in [-0.2, 0) is 14.8 Å². The van der Waals surface area contributed by atoms with Crippen molar-refractivity contribution in [1.29, 1.82) is 0 Å². The van der Waals surface area contributed by atoms with Gasteiger partial charge in [-0.25, -0.2) is 8.42 Å². The Morgan fingerprint density at radius 1 is 1.03 bits per heavy atom. The van der Waals surface area contributed by atoms with Gasteiger partial charge in [-0.05, 0) is 61.0 Å². The van der Waals surface area contributed by atoms with Gasteiger partial charge in [-0.2, -0.15) is 0 Å². The Labute approximate surface area is 192 Å². The first-order chi connectivity index (χ1) is 15.8. The van der Waals surface area contributed by atoms with Crippen molar-refractivity contribution in [3.8, 4) is 17.2 Å². The number of ether oxygens (including phenoxy) is 3. The molecular weight excluding hydrogens is 444 g/mol. The lowest BCUT2D eigenvalue weighted by Crippen LogP contribution is -2.48. The van der Waals surface area contributed by atoms with E-state index in [2.05, 4.69) is 5.32 Å². The number of methoxy groups -OCH3 is 2. The minimum absolute atomic E-state index is 0.0829. The summed E-state index contributed by atoms with van der Waals surface area (Å²) < 4.78 is 44.5. The number of amides is 1. The van der Waals surface area contributed by atoms with Crippen LogP contribution in [0.2, 0.25) is 0 Å². The average Bonchev–Trinajstić information content (AvgIpc) is 2.83. The van der Waals surface area contributed by atoms with Crippen LogP contribution < -0.4 is 23.8 Å². The van der Waals surface area contributed by atoms with E-state index in [0.29, 0.717) is 28.6 Å². The third-order valence-corrected chi connectivity index (χ3v) is 7.08. The summed E-state index contributed by atoms with van der Waals surface area (Å²) in [6.07, 6.45) is -1.07. The molecule has 0 saturated heterocycles. The summed E-state index contributed by atoms with van der Waals surface area (Å²) in [6.45, 7) is 1.71. The van der Waals surface area contributed by atoms with E-state index in [1.54, 1.807) is 48.5 Å². The second-order valence-corrected chi connectivity index (χ2v) is 9.34. The Bertz CT molecular complexity index is 1270. The van der Waals surface area contributed by atoms with Crippen molar-refractivity contribution in [2.75, 3.05) is 30.4 Å². The molecule has 3 aromatic carbocycles. The zero-order chi connectivity index (χ0) is 23.6. The molecule has 0 bridgehead atoms. The number of aryl methyl sites for hydroxylation is 1. The number of nitrogens with zero attached hydrogens (tertiary/aromatic N) is 1. The molecule has 172 valence electrons. The van der Waals surface area contributed by atoms with Crippen LogP contribution in [-0.4, -0.2) is 41.2 Å². The van der Waals surface area contributed by atoms with E-state index in [4.69, 9.17) is 14.2 Å². The zero-order valence-electron chi connectivity index (χ0n) is 18.4. The quantitative estimate of drug-likeness (QED) is 0.594. The molecule has 1 atom stereocenters. The molecule has 33 heavy (non-hydrogen) atoms. The standard InChI is InChI=1S/C24H24N2O6S/c1-16-8-13-21(31-3)19(14-16)25-24(27)23-15-26(20-6-4-5-7-22(20)32-23)33(28,29)18-11-9-17(30-2)10-12-18/h4-14,23H,15H2,1-3H3,(H,25,27)/t23-/m0/s1. The molecule has 0 aromatic heterocycles. The first kappa shape index (κ1) is 22.5. The number of nitrogens with one attached hydrogen (secondary N) is 1. The fraction of sp³-hybridized carbons (Fsp3) is 0.208. The molecule has 3 aromatic rings. The molecule has 8 nitrogen and oxygen atoms in total. The highest BCUT2D eigenvalue weighted by atomic mass is 32.2. The van der Waals surface area contributed by atoms with Gasteiger partial charge < -0.3 is 19.5 Å². The summed E-state index contributed by atoms with van der Waals surface area (Å²) in [5, 5.41) is 2.80. The number of carbonyl (C=O) groups is 1. The van der Waals surface area contributed by atoms with Crippen LogP contribution in [0.15, 0.2) is 71.6 Å². The Morgan fingerprint density at radius 3 is 2.45 bits per heavy atom. The first-order valence-corrected chi connectivity index (χ1v) is 11.7. The van der Waals surface area contributed by atoms with Crippen LogP contribution in [0.5, 0.6) is 17.2 Å². The Hall–Kier alpha value is -3.72. The molecule has 0 radical (unpaired) electrons. The number of hydrogen-bond acceptors (Lipinski definition) is 6. The number of anilines is 2. The van der Waals surface area contributed by atoms with Crippen molar-refractivity contribution in [2.24, 2.45) is 0 Å². The number of benzene rings is 3. The van der Waals surface area contributed by atoms with Crippen molar-refractivity contribution < 1.29 is 27.4 Å². The molecule has 1 heterocycles. The summed E-state index contributed by atoms with van der Waals surface area (Å²) in [7, 11) is -0.947. The number of sulfonamides is 1. The molecule has 4 rings (SSSR count). The number of fused-ring (bicyclic) bond motifs is 1. The molecule has 1 N–H and O–H groups in total. The highest BCUT2D eigenvalue weighted by Crippen LogP contribution is 2.37. The fourth-order valence-corrected chi connectivity index (χ4v) is 5.05. The maximum atomic E-state index is 13.5. The highest BCUT2D eigenvalue weighted by molar-refractivity contribution is 7.92. The van der Waals surface area contributed by atoms with Gasteiger partial charge in [0.2, 0.25) is 0 Å². The molecule has 1 aliphatic rings. The van der Waals surface area contributed by atoms with Gasteiger partial charge in [-0.1, -0.05) is 18.2 Å². The van der Waals surface area contributed by atoms with Gasteiger partial charge in [-0.3, -0.25) is 9.10 Å². The van der Waals surface area contributed by atoms with Crippen molar-refractivity contribution >= 4 is 27.3 Å². The first-order valence-electron chi connectivity index (χ1n) is 10.2. The Kier molecular flexibility index (Phi) is 6.15. The predicted molar refractivity (Wildman–Crippen MR) is 125 cm³/mol. The molecule has 0 unspecified atom stereocenters. The lowest BCUT2D eigenvalue weighted by Gasteiger charge is -2.34. The summed E-state index contributed by atoms with van der Waals surface area (Å²) in [6, 6.07) is 18.2. The van der Waals surface area contributed by atoms with Crippen LogP contribution in [0.4, 0.5) is 11.4 Å². The smallest absolute Gasteiger partial charge is 0.267 e. The largest absolute Gasteiger partial charge is 0.497 e. The molecule has 0 fully saturated rings. The monoisotopic (exact) mass is 468 g/mol. The van der Waals surface area contributed by atoms with Gasteiger partial charge in [0.1, 0.15) is 17.2 Å². The predicted octanol–water partition coefficient (Wildman–Crippen LogP) is 3.61. The minimum Gasteiger partial charge on any atom is -0.497 e. The molecule has 0 spiro atoms. The molecule has 0 saturated carbocycles. The number of carbonyl (C=O) groups excluding carboxylic acids is 1. The molecular formula is C24H24N2O6S. The van der Waals surface area contributed by atoms with Crippen LogP contribution >= 0.6 is 0 Å². The molecule has 0 aliphatic carbocycles. The van der Waals surface area contributed by atoms with Gasteiger partial charge in [0.05, 0.1) is 37.0 Å². The number of hydrogen-bond donors (Lipinski definition) is 1. The molecule has 1 aliphatic heterocycles. The van der Waals surface area contributed by atoms with Crippen LogP contribution in [0.1, 0.15) is 5.56 Å². The van der Waals surface area contributed by atoms with Gasteiger partial charge in [0.25, 0.3) is 15.9 Å². The topological polar surface area (TPSA) is 94.2 Å². The van der Waals surface area contributed by atoms with Crippen LogP contribution in [0.3, 0.4) is 0 Å². The summed E-state index contributed by atoms with van der Waals surface area (Å²) in [4.78, 5) is 13.2. The van der Waals surface area contributed by atoms with Crippen LogP contribution in [0, 0.1) is 6.92 Å². The van der Waals surface area contributed by atoms with Crippen molar-refractivity contribution in [2.45, 2.75) is 17.9 Å². The van der Waals surface area contributed by atoms with E-state index in [1.165, 1.54) is 30.7 Å². The van der Waals surface area contributed by atoms with Gasteiger partial charge >= 0.3 is 0 Å². The van der Waals surface area contributed by atoms with Crippen molar-refractivity contribution in [3.05, 3.63) is 72.3 Å². The van der Waals surface area contributed by atoms with E-state index in [0.717, 1.165) is 5.56 Å². The lowest BCUT2D eigenvalue weighted by atomic mass is 10.2. The molecule has 1 amide bonds. The third-order valence-electron chi connectivity index (χ3n) is 5.29. The summed E-state index contributed by atoms with van der Waals surface area (Å²) in [5.41, 5.74) is 1.78. The maximum Gasteiger partial charge on any atom is 0.267 e. The van der Waals surface area contributed by atoms with Gasteiger partial charge in [0, 0.05) is 0 Å². The third kappa shape index (κ3) is 4.45. The molecule has 9 heteroatoms. The summed E-state index contributed by atoms with van der Waals surface area (Å²) in [5.74, 6) is 0.856. The van der Waals surface area contributed by atoms with E-state index < -0.39 is 22.0 Å². The second-order valence-electron chi connectivity index (χ2n) is 7.48. The van der Waals surface area contributed by atoms with Crippen molar-refractivity contribution in [1.82, 2.24) is 0 Å². The number of rotatable bonds is 6. The zero-order valence-corrected chi connectivity index (χ0v) is 19.3. The second kappa shape index (κ2) is 9.03. The SMILES string of the molecule is COc1ccc(S(=O)(=O)N2C[C@@H](C(=O)Nc3cc(C)ccc3OC)Oc3ccccc32)cc1. The van der Waals surface area contributed by atoms with Crippen LogP contribution in [0.25, 0.3) is 0 Å². The van der Waals surface area contributed by atoms with Gasteiger partial charge in [0.15, 0.2) is 6.10 Å². The highest BCUT2D eigenvalue weighted by Gasteiger charge is 2.37. The summed E-state index contributed by atoms with van der Waals surface area (Å²) >= 11 is 0. The van der Waals surface area contributed by atoms with E-state index in [9.17, 15) is 13.2 Å². The maximum absolute atomic E-state index is 13.5. The Balaban J connectivity index is 1.66. The normalized spacial score (nSPS) is 15.2. The van der Waals surface area contributed by atoms with E-state index in [1.807, 2.05) is 13.0 Å². The Morgan fingerprint density at radius 2 is 1.76 bits per heavy atom. The van der Waals surface area contributed by atoms with Crippen molar-refractivity contribution in [3.63, 3.8) is 0 Å². The van der Waals surface area contributed by atoms with E-state index >= 15 is 0 Å².